The number of aliphatic hydroxyl groups is 1. The molecule has 0 radical (unpaired) electrons. The summed E-state index contributed by atoms with van der Waals surface area (Å²) < 4.78 is 13.3. The van der Waals surface area contributed by atoms with Crippen molar-refractivity contribution < 1.29 is 9.50 Å². The molecule has 16 heavy (non-hydrogen) atoms. The first-order valence-corrected chi connectivity index (χ1v) is 5.04. The van der Waals surface area contributed by atoms with E-state index in [-0.39, 0.29) is 24.4 Å². The Bertz CT molecular complexity index is 336. The van der Waals surface area contributed by atoms with Crippen LogP contribution in [0.4, 0.5) is 16.2 Å². The van der Waals surface area contributed by atoms with Crippen molar-refractivity contribution in [1.82, 2.24) is 9.97 Å². The molecule has 0 spiro atoms. The van der Waals surface area contributed by atoms with Crippen molar-refractivity contribution in [1.29, 1.82) is 0 Å². The number of nitrogens with one attached hydrogen (secondary N) is 2. The summed E-state index contributed by atoms with van der Waals surface area (Å²) in [6.45, 7) is 2.00. The fraction of sp³-hybridized carbons (Fsp3) is 0.556. The number of rotatable bonds is 6. The predicted octanol–water partition coefficient (Wildman–Crippen LogP) is 0.474. The first-order valence-electron chi connectivity index (χ1n) is 5.04. The number of nitrogens with zero attached hydrogens (tertiary/aromatic N) is 2. The molecule has 7 heteroatoms. The van der Waals surface area contributed by atoms with Crippen LogP contribution in [0, 0.1) is 5.82 Å². The van der Waals surface area contributed by atoms with E-state index in [1.54, 1.807) is 0 Å². The SMILES string of the molecule is CC(CCCO)Nc1nc(NN)ncc1F. The Balaban J connectivity index is 2.64. The number of nitrogen functional groups attached to an aromatic ring is 1. The highest BCUT2D eigenvalue weighted by atomic mass is 19.1. The van der Waals surface area contributed by atoms with Crippen LogP contribution in [-0.4, -0.2) is 27.7 Å². The summed E-state index contributed by atoms with van der Waals surface area (Å²) in [6, 6.07) is 0.0159. The largest absolute Gasteiger partial charge is 0.396 e. The number of hydrazine groups is 1. The summed E-state index contributed by atoms with van der Waals surface area (Å²) in [5.74, 6) is 4.85. The zero-order valence-electron chi connectivity index (χ0n) is 9.07. The van der Waals surface area contributed by atoms with Gasteiger partial charge in [0.2, 0.25) is 5.95 Å². The van der Waals surface area contributed by atoms with Crippen molar-refractivity contribution in [2.24, 2.45) is 5.84 Å². The lowest BCUT2D eigenvalue weighted by Gasteiger charge is -2.14. The van der Waals surface area contributed by atoms with E-state index in [1.165, 1.54) is 0 Å². The van der Waals surface area contributed by atoms with Gasteiger partial charge < -0.3 is 10.4 Å². The average Bonchev–Trinajstić information content (AvgIpc) is 2.29. The van der Waals surface area contributed by atoms with Crippen molar-refractivity contribution in [2.45, 2.75) is 25.8 Å². The van der Waals surface area contributed by atoms with Gasteiger partial charge in [-0.3, -0.25) is 5.43 Å². The molecular formula is C9H16FN5O. The molecule has 0 aliphatic heterocycles. The van der Waals surface area contributed by atoms with Crippen LogP contribution < -0.4 is 16.6 Å². The molecule has 6 nitrogen and oxygen atoms in total. The van der Waals surface area contributed by atoms with Gasteiger partial charge in [0.05, 0.1) is 6.20 Å². The van der Waals surface area contributed by atoms with Gasteiger partial charge >= 0.3 is 0 Å². The maximum atomic E-state index is 13.3. The highest BCUT2D eigenvalue weighted by molar-refractivity contribution is 5.41. The zero-order chi connectivity index (χ0) is 12.0. The molecule has 5 N–H and O–H groups in total. The molecule has 0 fully saturated rings. The second kappa shape index (κ2) is 6.19. The molecule has 1 aromatic rings. The first kappa shape index (κ1) is 12.6. The van der Waals surface area contributed by atoms with Crippen LogP contribution >= 0.6 is 0 Å². The first-order chi connectivity index (χ1) is 7.67. The number of anilines is 2. The third-order valence-electron chi connectivity index (χ3n) is 2.05. The topological polar surface area (TPSA) is 96.1 Å². The highest BCUT2D eigenvalue weighted by Gasteiger charge is 2.09. The van der Waals surface area contributed by atoms with Gasteiger partial charge in [-0.2, -0.15) is 4.98 Å². The molecule has 0 saturated carbocycles. The quantitative estimate of drug-likeness (QED) is 0.418. The van der Waals surface area contributed by atoms with Crippen molar-refractivity contribution in [2.75, 3.05) is 17.3 Å². The van der Waals surface area contributed by atoms with E-state index < -0.39 is 5.82 Å². The van der Waals surface area contributed by atoms with Crippen LogP contribution in [0.2, 0.25) is 0 Å². The van der Waals surface area contributed by atoms with Crippen molar-refractivity contribution in [3.05, 3.63) is 12.0 Å². The van der Waals surface area contributed by atoms with Crippen LogP contribution in [0.1, 0.15) is 19.8 Å². The van der Waals surface area contributed by atoms with Crippen LogP contribution in [-0.2, 0) is 0 Å². The summed E-state index contributed by atoms with van der Waals surface area (Å²) in [4.78, 5) is 7.47. The third-order valence-corrected chi connectivity index (χ3v) is 2.05. The maximum absolute atomic E-state index is 13.3. The molecule has 90 valence electrons. The van der Waals surface area contributed by atoms with Crippen molar-refractivity contribution >= 4 is 11.8 Å². The van der Waals surface area contributed by atoms with E-state index >= 15 is 0 Å². The average molecular weight is 229 g/mol. The van der Waals surface area contributed by atoms with E-state index in [4.69, 9.17) is 10.9 Å². The van der Waals surface area contributed by atoms with Gasteiger partial charge in [0.25, 0.3) is 0 Å². The fourth-order valence-electron chi connectivity index (χ4n) is 1.24. The number of halogens is 1. The molecule has 1 rings (SSSR count). The smallest absolute Gasteiger partial charge is 0.239 e. The second-order valence-corrected chi connectivity index (χ2v) is 3.45. The standard InChI is InChI=1S/C9H16FN5O/c1-6(3-2-4-16)13-8-7(10)5-12-9(14-8)15-11/h5-6,16H,2-4,11H2,1H3,(H2,12,13,14,15). The maximum Gasteiger partial charge on any atom is 0.239 e. The molecule has 0 saturated heterocycles. The molecule has 0 aromatic carbocycles. The van der Waals surface area contributed by atoms with Gasteiger partial charge in [-0.1, -0.05) is 0 Å². The van der Waals surface area contributed by atoms with Crippen molar-refractivity contribution in [3.63, 3.8) is 0 Å². The van der Waals surface area contributed by atoms with E-state index in [0.29, 0.717) is 6.42 Å². The minimum absolute atomic E-state index is 0.0159. The molecular weight excluding hydrogens is 213 g/mol. The van der Waals surface area contributed by atoms with Gasteiger partial charge in [0.1, 0.15) is 0 Å². The van der Waals surface area contributed by atoms with Gasteiger partial charge in [0, 0.05) is 12.6 Å². The number of hydrogen-bond acceptors (Lipinski definition) is 6. The van der Waals surface area contributed by atoms with E-state index in [2.05, 4.69) is 20.7 Å². The highest BCUT2D eigenvalue weighted by Crippen LogP contribution is 2.13. The van der Waals surface area contributed by atoms with Crippen LogP contribution in [0.3, 0.4) is 0 Å². The minimum Gasteiger partial charge on any atom is -0.396 e. The molecule has 1 aromatic heterocycles. The predicted molar refractivity (Wildman–Crippen MR) is 59.2 cm³/mol. The normalized spacial score (nSPS) is 12.2. The van der Waals surface area contributed by atoms with Crippen molar-refractivity contribution in [3.8, 4) is 0 Å². The third kappa shape index (κ3) is 3.59. The molecule has 0 bridgehead atoms. The lowest BCUT2D eigenvalue weighted by molar-refractivity contribution is 0.282. The number of aliphatic hydroxyl groups excluding tert-OH is 1. The van der Waals surface area contributed by atoms with Gasteiger partial charge in [0.15, 0.2) is 11.6 Å². The lowest BCUT2D eigenvalue weighted by Crippen LogP contribution is -2.19. The van der Waals surface area contributed by atoms with E-state index in [0.717, 1.165) is 12.6 Å². The molecule has 1 unspecified atom stereocenters. The fourth-order valence-corrected chi connectivity index (χ4v) is 1.24. The summed E-state index contributed by atoms with van der Waals surface area (Å²) in [5.41, 5.74) is 2.24. The number of hydrogen-bond donors (Lipinski definition) is 4. The molecule has 0 aliphatic carbocycles. The van der Waals surface area contributed by atoms with Gasteiger partial charge in [-0.05, 0) is 19.8 Å². The molecule has 1 heterocycles. The summed E-state index contributed by atoms with van der Waals surface area (Å²) in [6.07, 6.45) is 2.43. The Kier molecular flexibility index (Phi) is 4.87. The Morgan fingerprint density at radius 3 is 3.00 bits per heavy atom. The molecule has 1 atom stereocenters. The van der Waals surface area contributed by atoms with E-state index in [9.17, 15) is 4.39 Å². The summed E-state index contributed by atoms with van der Waals surface area (Å²) >= 11 is 0. The van der Waals surface area contributed by atoms with Crippen LogP contribution in [0.25, 0.3) is 0 Å². The Labute approximate surface area is 93.1 Å². The Hall–Kier alpha value is -1.47. The summed E-state index contributed by atoms with van der Waals surface area (Å²) in [7, 11) is 0. The van der Waals surface area contributed by atoms with Crippen LogP contribution in [0.15, 0.2) is 6.20 Å². The number of aromatic nitrogens is 2. The van der Waals surface area contributed by atoms with E-state index in [1.807, 2.05) is 6.92 Å². The number of nitrogens with two attached hydrogens (primary N) is 1. The molecule has 0 amide bonds. The van der Waals surface area contributed by atoms with Gasteiger partial charge in [-0.25, -0.2) is 15.2 Å². The van der Waals surface area contributed by atoms with Crippen LogP contribution in [0.5, 0.6) is 0 Å². The second-order valence-electron chi connectivity index (χ2n) is 3.45. The molecule has 0 aliphatic rings. The monoisotopic (exact) mass is 229 g/mol. The Morgan fingerprint density at radius 2 is 2.38 bits per heavy atom. The van der Waals surface area contributed by atoms with Gasteiger partial charge in [-0.15, -0.1) is 0 Å². The Morgan fingerprint density at radius 1 is 1.62 bits per heavy atom. The minimum atomic E-state index is -0.533. The summed E-state index contributed by atoms with van der Waals surface area (Å²) in [5, 5.41) is 11.6. The lowest BCUT2D eigenvalue weighted by atomic mass is 10.2. The zero-order valence-corrected chi connectivity index (χ0v) is 9.07.